The monoisotopic (exact) mass is 318 g/mol. The van der Waals surface area contributed by atoms with E-state index in [2.05, 4.69) is 10.6 Å². The van der Waals surface area contributed by atoms with E-state index in [-0.39, 0.29) is 36.2 Å². The van der Waals surface area contributed by atoms with Crippen LogP contribution < -0.4 is 10.6 Å². The van der Waals surface area contributed by atoms with Crippen LogP contribution in [0.15, 0.2) is 30.3 Å². The maximum Gasteiger partial charge on any atom is 0.242 e. The number of hydrogen-bond donors (Lipinski definition) is 3. The molecule has 0 saturated heterocycles. The summed E-state index contributed by atoms with van der Waals surface area (Å²) in [5.41, 5.74) is 0.788. The normalized spacial score (nSPS) is 16.7. The second-order valence-electron chi connectivity index (χ2n) is 6.83. The lowest BCUT2D eigenvalue weighted by Gasteiger charge is -2.23. The summed E-state index contributed by atoms with van der Waals surface area (Å²) in [5, 5.41) is 15.0. The van der Waals surface area contributed by atoms with E-state index in [1.165, 1.54) is 0 Å². The number of aliphatic hydroxyl groups is 1. The number of aliphatic hydroxyl groups excluding tert-OH is 1. The Hall–Kier alpha value is -1.88. The average molecular weight is 318 g/mol. The Balaban J connectivity index is 1.87. The second kappa shape index (κ2) is 7.59. The molecule has 23 heavy (non-hydrogen) atoms. The largest absolute Gasteiger partial charge is 0.396 e. The van der Waals surface area contributed by atoms with Crippen molar-refractivity contribution in [3.63, 3.8) is 0 Å². The van der Waals surface area contributed by atoms with Gasteiger partial charge in [0.2, 0.25) is 11.8 Å². The molecular weight excluding hydrogens is 292 g/mol. The van der Waals surface area contributed by atoms with Gasteiger partial charge in [0, 0.05) is 12.0 Å². The Bertz CT molecular complexity index is 538. The lowest BCUT2D eigenvalue weighted by atomic mass is 10.0. The van der Waals surface area contributed by atoms with E-state index >= 15 is 0 Å². The minimum atomic E-state index is -0.555. The van der Waals surface area contributed by atoms with Crippen molar-refractivity contribution in [1.29, 1.82) is 0 Å². The lowest BCUT2D eigenvalue weighted by Crippen LogP contribution is -2.51. The summed E-state index contributed by atoms with van der Waals surface area (Å²) in [6.07, 6.45) is 2.14. The minimum absolute atomic E-state index is 0.000923. The molecule has 1 fully saturated rings. The SMILES string of the molecule is CC(C)C(NC(=O)Cc1ccccc1)C(=O)NCC1(CO)CC1. The molecular formula is C18H26N2O3. The lowest BCUT2D eigenvalue weighted by molar-refractivity contribution is -0.130. The van der Waals surface area contributed by atoms with Crippen molar-refractivity contribution in [2.45, 2.75) is 39.2 Å². The second-order valence-corrected chi connectivity index (χ2v) is 6.83. The Morgan fingerprint density at radius 3 is 2.39 bits per heavy atom. The molecule has 1 aromatic carbocycles. The van der Waals surface area contributed by atoms with Crippen LogP contribution in [0, 0.1) is 11.3 Å². The van der Waals surface area contributed by atoms with Gasteiger partial charge in [-0.25, -0.2) is 0 Å². The predicted octanol–water partition coefficient (Wildman–Crippen LogP) is 1.26. The molecule has 1 saturated carbocycles. The third-order valence-electron chi connectivity index (χ3n) is 4.40. The van der Waals surface area contributed by atoms with Crippen LogP contribution in [0.2, 0.25) is 0 Å². The van der Waals surface area contributed by atoms with Gasteiger partial charge in [0.25, 0.3) is 0 Å². The van der Waals surface area contributed by atoms with Crippen LogP contribution in [0.25, 0.3) is 0 Å². The number of amides is 2. The molecule has 0 heterocycles. The molecule has 126 valence electrons. The highest BCUT2D eigenvalue weighted by Crippen LogP contribution is 2.44. The van der Waals surface area contributed by atoms with Crippen molar-refractivity contribution < 1.29 is 14.7 Å². The van der Waals surface area contributed by atoms with Gasteiger partial charge in [-0.1, -0.05) is 44.2 Å². The molecule has 5 nitrogen and oxygen atoms in total. The summed E-state index contributed by atoms with van der Waals surface area (Å²) in [7, 11) is 0. The number of nitrogens with one attached hydrogen (secondary N) is 2. The van der Waals surface area contributed by atoms with Crippen LogP contribution in [-0.4, -0.2) is 36.1 Å². The van der Waals surface area contributed by atoms with Crippen LogP contribution >= 0.6 is 0 Å². The van der Waals surface area contributed by atoms with Gasteiger partial charge in [-0.15, -0.1) is 0 Å². The van der Waals surface area contributed by atoms with Crippen molar-refractivity contribution >= 4 is 11.8 Å². The molecule has 1 aliphatic carbocycles. The van der Waals surface area contributed by atoms with Gasteiger partial charge in [0.1, 0.15) is 6.04 Å². The summed E-state index contributed by atoms with van der Waals surface area (Å²) in [4.78, 5) is 24.5. The Kier molecular flexibility index (Phi) is 5.77. The third-order valence-corrected chi connectivity index (χ3v) is 4.40. The first-order valence-corrected chi connectivity index (χ1v) is 8.18. The van der Waals surface area contributed by atoms with Crippen molar-refractivity contribution in [1.82, 2.24) is 10.6 Å². The zero-order chi connectivity index (χ0) is 16.9. The highest BCUT2D eigenvalue weighted by molar-refractivity contribution is 5.88. The van der Waals surface area contributed by atoms with Gasteiger partial charge in [-0.3, -0.25) is 9.59 Å². The summed E-state index contributed by atoms with van der Waals surface area (Å²) in [6, 6.07) is 8.91. The molecule has 1 aromatic rings. The molecule has 0 aliphatic heterocycles. The fourth-order valence-electron chi connectivity index (χ4n) is 2.49. The van der Waals surface area contributed by atoms with Gasteiger partial charge in [0.15, 0.2) is 0 Å². The van der Waals surface area contributed by atoms with Crippen LogP contribution in [0.4, 0.5) is 0 Å². The molecule has 0 bridgehead atoms. The molecule has 2 rings (SSSR count). The van der Waals surface area contributed by atoms with Gasteiger partial charge >= 0.3 is 0 Å². The molecule has 5 heteroatoms. The van der Waals surface area contributed by atoms with Gasteiger partial charge in [-0.05, 0) is 24.3 Å². The quantitative estimate of drug-likeness (QED) is 0.675. The van der Waals surface area contributed by atoms with Gasteiger partial charge < -0.3 is 15.7 Å². The number of benzene rings is 1. The molecule has 2 amide bonds. The van der Waals surface area contributed by atoms with Crippen LogP contribution in [0.5, 0.6) is 0 Å². The molecule has 1 aliphatic rings. The van der Waals surface area contributed by atoms with E-state index < -0.39 is 6.04 Å². The van der Waals surface area contributed by atoms with E-state index in [1.807, 2.05) is 44.2 Å². The highest BCUT2D eigenvalue weighted by Gasteiger charge is 2.42. The molecule has 0 spiro atoms. The van der Waals surface area contributed by atoms with Crippen LogP contribution in [0.1, 0.15) is 32.3 Å². The topological polar surface area (TPSA) is 78.4 Å². The Morgan fingerprint density at radius 2 is 1.87 bits per heavy atom. The van der Waals surface area contributed by atoms with E-state index in [0.29, 0.717) is 6.54 Å². The van der Waals surface area contributed by atoms with Crippen molar-refractivity contribution in [2.24, 2.45) is 11.3 Å². The molecule has 1 unspecified atom stereocenters. The fourth-order valence-corrected chi connectivity index (χ4v) is 2.49. The molecule has 0 aromatic heterocycles. The van der Waals surface area contributed by atoms with E-state index in [9.17, 15) is 14.7 Å². The minimum Gasteiger partial charge on any atom is -0.396 e. The number of carbonyl (C=O) groups is 2. The van der Waals surface area contributed by atoms with Crippen molar-refractivity contribution in [2.75, 3.05) is 13.2 Å². The first-order chi connectivity index (χ1) is 11.0. The predicted molar refractivity (Wildman–Crippen MR) is 88.7 cm³/mol. The fraction of sp³-hybridized carbons (Fsp3) is 0.556. The summed E-state index contributed by atoms with van der Waals surface area (Å²) in [5.74, 6) is -0.339. The smallest absolute Gasteiger partial charge is 0.242 e. The summed E-state index contributed by atoms with van der Waals surface area (Å²) >= 11 is 0. The third kappa shape index (κ3) is 5.06. The molecule has 0 radical (unpaired) electrons. The first-order valence-electron chi connectivity index (χ1n) is 8.18. The Labute approximate surface area is 137 Å². The van der Waals surface area contributed by atoms with Crippen molar-refractivity contribution in [3.8, 4) is 0 Å². The molecule has 3 N–H and O–H groups in total. The van der Waals surface area contributed by atoms with Gasteiger partial charge in [0.05, 0.1) is 13.0 Å². The molecule has 1 atom stereocenters. The van der Waals surface area contributed by atoms with Gasteiger partial charge in [-0.2, -0.15) is 0 Å². The standard InChI is InChI=1S/C18H26N2O3/c1-13(2)16(17(23)19-11-18(12-21)8-9-18)20-15(22)10-14-6-4-3-5-7-14/h3-7,13,16,21H,8-12H2,1-2H3,(H,19,23)(H,20,22). The van der Waals surface area contributed by atoms with E-state index in [0.717, 1.165) is 18.4 Å². The Morgan fingerprint density at radius 1 is 1.22 bits per heavy atom. The highest BCUT2D eigenvalue weighted by atomic mass is 16.3. The number of hydrogen-bond acceptors (Lipinski definition) is 3. The summed E-state index contributed by atoms with van der Waals surface area (Å²) in [6.45, 7) is 4.39. The number of rotatable bonds is 8. The van der Waals surface area contributed by atoms with Crippen LogP contribution in [-0.2, 0) is 16.0 Å². The van der Waals surface area contributed by atoms with Crippen molar-refractivity contribution in [3.05, 3.63) is 35.9 Å². The number of carbonyl (C=O) groups excluding carboxylic acids is 2. The average Bonchev–Trinajstić information content (AvgIpc) is 3.31. The van der Waals surface area contributed by atoms with E-state index in [1.54, 1.807) is 0 Å². The summed E-state index contributed by atoms with van der Waals surface area (Å²) < 4.78 is 0. The van der Waals surface area contributed by atoms with Crippen LogP contribution in [0.3, 0.4) is 0 Å². The zero-order valence-electron chi connectivity index (χ0n) is 13.8. The maximum absolute atomic E-state index is 12.4. The zero-order valence-corrected chi connectivity index (χ0v) is 13.8. The maximum atomic E-state index is 12.4. The first kappa shape index (κ1) is 17.5. The van der Waals surface area contributed by atoms with E-state index in [4.69, 9.17) is 0 Å².